The monoisotopic (exact) mass is 810 g/mol. The molecule has 13 heteroatoms. The lowest BCUT2D eigenvalue weighted by Gasteiger charge is -2.63. The van der Waals surface area contributed by atoms with Crippen LogP contribution in [0.2, 0.25) is 0 Å². The topological polar surface area (TPSA) is 154 Å². The van der Waals surface area contributed by atoms with Crippen LogP contribution in [0, 0.1) is 17.3 Å². The fourth-order valence-electron chi connectivity index (χ4n) is 13.7. The van der Waals surface area contributed by atoms with E-state index < -0.39 is 57.3 Å². The third-order valence-electron chi connectivity index (χ3n) is 15.8. The third-order valence-corrected chi connectivity index (χ3v) is 15.8. The second-order valence-corrected chi connectivity index (χ2v) is 18.2. The van der Waals surface area contributed by atoms with Crippen molar-refractivity contribution in [2.75, 3.05) is 73.1 Å². The summed E-state index contributed by atoms with van der Waals surface area (Å²) in [4.78, 5) is 54.4. The van der Waals surface area contributed by atoms with Crippen LogP contribution < -0.4 is 9.64 Å². The Balaban J connectivity index is 1.37. The number of methoxy groups -OCH3 is 4. The molecule has 2 bridgehead atoms. The predicted molar refractivity (Wildman–Crippen MR) is 220 cm³/mol. The molecule has 59 heavy (non-hydrogen) atoms. The van der Waals surface area contributed by atoms with E-state index in [4.69, 9.17) is 18.9 Å². The first-order valence-corrected chi connectivity index (χ1v) is 21.2. The Bertz CT molecular complexity index is 2260. The van der Waals surface area contributed by atoms with Crippen molar-refractivity contribution in [1.29, 1.82) is 0 Å². The van der Waals surface area contributed by atoms with Gasteiger partial charge >= 0.3 is 17.9 Å². The molecule has 13 nitrogen and oxygen atoms in total. The molecule has 10 atom stereocenters. The number of nitrogens with zero attached hydrogens (tertiary/aromatic N) is 3. The number of rotatable bonds is 7. The molecule has 6 aliphatic rings. The highest BCUT2D eigenvalue weighted by atomic mass is 16.5. The van der Waals surface area contributed by atoms with E-state index in [0.29, 0.717) is 82.6 Å². The number of aromatic nitrogens is 1. The second-order valence-electron chi connectivity index (χ2n) is 18.2. The molecule has 3 aromatic rings. The summed E-state index contributed by atoms with van der Waals surface area (Å²) in [6.07, 6.45) is 7.12. The number of hydrogen-bond acceptors (Lipinski definition) is 12. The van der Waals surface area contributed by atoms with Crippen LogP contribution in [0.3, 0.4) is 0 Å². The van der Waals surface area contributed by atoms with E-state index in [-0.39, 0.29) is 12.0 Å². The number of carbonyl (C=O) groups is 3. The van der Waals surface area contributed by atoms with Crippen LogP contribution in [0.25, 0.3) is 10.9 Å². The van der Waals surface area contributed by atoms with Gasteiger partial charge in [-0.1, -0.05) is 44.2 Å². The highest BCUT2D eigenvalue weighted by Crippen LogP contribution is 2.69. The third kappa shape index (κ3) is 5.07. The minimum absolute atomic E-state index is 0.102. The maximum Gasteiger partial charge on any atom is 0.341 e. The van der Waals surface area contributed by atoms with Crippen molar-refractivity contribution in [1.82, 2.24) is 14.8 Å². The molecule has 2 aromatic carbocycles. The molecule has 0 amide bonds. The van der Waals surface area contributed by atoms with Gasteiger partial charge in [-0.2, -0.15) is 0 Å². The summed E-state index contributed by atoms with van der Waals surface area (Å²) < 4.78 is 23.2. The molecule has 6 heterocycles. The largest absolute Gasteiger partial charge is 0.496 e. The van der Waals surface area contributed by atoms with Crippen LogP contribution in [-0.4, -0.2) is 134 Å². The summed E-state index contributed by atoms with van der Waals surface area (Å²) in [6.45, 7) is 7.27. The summed E-state index contributed by atoms with van der Waals surface area (Å²) in [5.74, 6) is -2.96. The molecule has 3 fully saturated rings. The summed E-state index contributed by atoms with van der Waals surface area (Å²) in [6, 6.07) is 10.9. The molecule has 9 rings (SSSR count). The van der Waals surface area contributed by atoms with Crippen LogP contribution in [0.1, 0.15) is 68.3 Å². The highest BCUT2D eigenvalue weighted by molar-refractivity contribution is 5.96. The molecule has 1 unspecified atom stereocenters. The molecule has 3 N–H and O–H groups in total. The number of aromatic amines is 1. The van der Waals surface area contributed by atoms with Gasteiger partial charge in [0, 0.05) is 84.0 Å². The molecular weight excluding hydrogens is 753 g/mol. The number of carbonyl (C=O) groups excluding carboxylic acids is 3. The first-order chi connectivity index (χ1) is 28.3. The number of ether oxygens (including phenoxy) is 4. The van der Waals surface area contributed by atoms with Crippen molar-refractivity contribution in [2.45, 2.75) is 86.5 Å². The molecule has 1 aliphatic carbocycles. The number of fused-ring (bicyclic) bond motifs is 6. The number of nitrogens with one attached hydrogen (secondary N) is 1. The number of aliphatic hydroxyl groups is 2. The van der Waals surface area contributed by atoms with Crippen LogP contribution in [0.4, 0.5) is 5.69 Å². The van der Waals surface area contributed by atoms with Crippen LogP contribution in [0.15, 0.2) is 48.6 Å². The van der Waals surface area contributed by atoms with Crippen LogP contribution in [-0.2, 0) is 45.8 Å². The molecule has 5 aliphatic heterocycles. The van der Waals surface area contributed by atoms with Crippen molar-refractivity contribution >= 4 is 34.5 Å². The van der Waals surface area contributed by atoms with E-state index in [2.05, 4.69) is 26.9 Å². The van der Waals surface area contributed by atoms with Gasteiger partial charge in [-0.3, -0.25) is 19.4 Å². The molecular formula is C46H58N4O9. The van der Waals surface area contributed by atoms with Gasteiger partial charge in [0.25, 0.3) is 0 Å². The van der Waals surface area contributed by atoms with Crippen molar-refractivity contribution in [2.24, 2.45) is 17.3 Å². The van der Waals surface area contributed by atoms with Crippen LogP contribution in [0.5, 0.6) is 5.75 Å². The number of para-hydroxylation sites is 1. The normalized spacial score (nSPS) is 37.0. The second kappa shape index (κ2) is 13.8. The predicted octanol–water partition coefficient (Wildman–Crippen LogP) is 3.85. The number of esters is 3. The Morgan fingerprint density at radius 3 is 2.37 bits per heavy atom. The van der Waals surface area contributed by atoms with Gasteiger partial charge in [-0.15, -0.1) is 0 Å². The van der Waals surface area contributed by atoms with Gasteiger partial charge in [-0.25, -0.2) is 4.79 Å². The van der Waals surface area contributed by atoms with Gasteiger partial charge in [0.2, 0.25) is 0 Å². The minimum atomic E-state index is -2.34. The zero-order chi connectivity index (χ0) is 41.9. The molecule has 1 saturated carbocycles. The maximum atomic E-state index is 15.3. The smallest absolute Gasteiger partial charge is 0.341 e. The van der Waals surface area contributed by atoms with E-state index in [1.807, 2.05) is 62.2 Å². The number of benzene rings is 2. The summed E-state index contributed by atoms with van der Waals surface area (Å²) >= 11 is 0. The van der Waals surface area contributed by atoms with E-state index in [0.717, 1.165) is 33.4 Å². The summed E-state index contributed by atoms with van der Waals surface area (Å²) in [7, 11) is 7.42. The molecule has 2 saturated heterocycles. The lowest BCUT2D eigenvalue weighted by atomic mass is 9.44. The van der Waals surface area contributed by atoms with Crippen molar-refractivity contribution in [3.8, 4) is 5.75 Å². The van der Waals surface area contributed by atoms with Crippen molar-refractivity contribution in [3.63, 3.8) is 0 Å². The Morgan fingerprint density at radius 2 is 1.68 bits per heavy atom. The first-order valence-electron chi connectivity index (χ1n) is 21.2. The van der Waals surface area contributed by atoms with Gasteiger partial charge < -0.3 is 39.0 Å². The number of likely N-dealkylation sites (N-methyl/N-ethyl adjacent to an activating group) is 1. The molecule has 1 aromatic heterocycles. The first kappa shape index (κ1) is 40.0. The number of anilines is 1. The quantitative estimate of drug-likeness (QED) is 0.181. The standard InChI is InChI=1S/C46H58N4O9/c1-8-42(54)23-27-24-45(40(52)58-6,36-29(15-19-49(25-27)26-42)28-13-10-11-14-32(28)47-36)31-21-30-33(22-34(31)56-4)48(3)39-44(30)17-20-50-18-12-16-43(9-2,38(44)50)35(37(51)57-5)46(39,55)41(53)59-7/h10-14,16,21-22,27,35,38-39,47,54-55H,8-9,15,17-20,23-26H2,1-7H3/t27-,35-,38+,39-,42+,43+,44-,45+,46-/m1/s1. The minimum Gasteiger partial charge on any atom is -0.496 e. The average Bonchev–Trinajstić information content (AvgIpc) is 3.91. The lowest BCUT2D eigenvalue weighted by Crippen LogP contribution is -2.80. The van der Waals surface area contributed by atoms with Crippen molar-refractivity contribution < 1.29 is 43.5 Å². The Hall–Kier alpha value is -4.43. The van der Waals surface area contributed by atoms with Gasteiger partial charge in [0.15, 0.2) is 5.60 Å². The lowest BCUT2D eigenvalue weighted by molar-refractivity contribution is -0.209. The fourth-order valence-corrected chi connectivity index (χ4v) is 13.7. The van der Waals surface area contributed by atoms with Crippen LogP contribution >= 0.6 is 0 Å². The summed E-state index contributed by atoms with van der Waals surface area (Å²) in [5, 5.41) is 26.4. The Morgan fingerprint density at radius 1 is 0.915 bits per heavy atom. The molecule has 316 valence electrons. The Kier molecular flexibility index (Phi) is 9.36. The van der Waals surface area contributed by atoms with Gasteiger partial charge in [0.05, 0.1) is 40.1 Å². The summed E-state index contributed by atoms with van der Waals surface area (Å²) in [5.41, 5.74) is -1.77. The number of hydrogen-bond donors (Lipinski definition) is 3. The number of H-pyrrole nitrogens is 1. The fraction of sp³-hybridized carbons (Fsp3) is 0.587. The zero-order valence-electron chi connectivity index (χ0n) is 35.3. The SMILES string of the molecule is CC[C@]1(O)C[C@H]2CN(CCc3c([nH]c4ccccc34)[C@@](C(=O)OC)(c3cc4c(cc3OC)N(C)[C@H]3[C@@](O)(C(=O)OC)[C@H](C(=O)OC)[C@]5(CC)C=CCN6CC[C@]43[C@@H]65)C2)C1. The maximum absolute atomic E-state index is 15.3. The Labute approximate surface area is 345 Å². The van der Waals surface area contributed by atoms with E-state index >= 15 is 4.79 Å². The van der Waals surface area contributed by atoms with E-state index in [1.165, 1.54) is 21.3 Å². The average molecular weight is 811 g/mol. The van der Waals surface area contributed by atoms with E-state index in [1.54, 1.807) is 7.11 Å². The van der Waals surface area contributed by atoms with Gasteiger partial charge in [-0.05, 0) is 74.2 Å². The zero-order valence-corrected chi connectivity index (χ0v) is 35.3. The molecule has 1 spiro atoms. The van der Waals surface area contributed by atoms with Crippen molar-refractivity contribution in [3.05, 3.63) is 70.9 Å². The van der Waals surface area contributed by atoms with Gasteiger partial charge in [0.1, 0.15) is 17.1 Å². The van der Waals surface area contributed by atoms with E-state index in [9.17, 15) is 19.8 Å². The molecule has 0 radical (unpaired) electrons. The number of piperidine rings is 1. The highest BCUT2D eigenvalue weighted by Gasteiger charge is 2.80.